The van der Waals surface area contributed by atoms with E-state index < -0.39 is 0 Å². The summed E-state index contributed by atoms with van der Waals surface area (Å²) in [6, 6.07) is 0. The van der Waals surface area contributed by atoms with Gasteiger partial charge >= 0.3 is 0 Å². The first-order valence-corrected chi connectivity index (χ1v) is 13.0. The lowest BCUT2D eigenvalue weighted by molar-refractivity contribution is -0.0421. The van der Waals surface area contributed by atoms with E-state index in [1.165, 1.54) is 103 Å². The van der Waals surface area contributed by atoms with Gasteiger partial charge in [0.15, 0.2) is 0 Å². The minimum atomic E-state index is 0.570. The minimum absolute atomic E-state index is 0.570. The number of rotatable bonds is 8. The Hall–Kier alpha value is -0.300. The Bertz CT molecular complexity index is 550. The maximum atomic E-state index is 3.77. The van der Waals surface area contributed by atoms with Gasteiger partial charge in [-0.1, -0.05) is 58.1 Å². The van der Waals surface area contributed by atoms with Gasteiger partial charge in [-0.2, -0.15) is 0 Å². The zero-order chi connectivity index (χ0) is 19.6. The topological polar surface area (TPSA) is 12.0 Å². The molecule has 4 aliphatic rings. The molecule has 160 valence electrons. The Labute approximate surface area is 175 Å². The van der Waals surface area contributed by atoms with Gasteiger partial charge in [0.05, 0.1) is 0 Å². The molecule has 1 N–H and O–H groups in total. The van der Waals surface area contributed by atoms with E-state index in [2.05, 4.69) is 32.2 Å². The maximum Gasteiger partial charge on any atom is -0.00461 e. The van der Waals surface area contributed by atoms with E-state index in [4.69, 9.17) is 0 Å². The lowest BCUT2D eigenvalue weighted by Crippen LogP contribution is -2.49. The van der Waals surface area contributed by atoms with Crippen molar-refractivity contribution in [3.05, 3.63) is 11.6 Å². The molecule has 0 bridgehead atoms. The van der Waals surface area contributed by atoms with E-state index in [0.717, 1.165) is 23.7 Å². The lowest BCUT2D eigenvalue weighted by atomic mass is 9.47. The van der Waals surface area contributed by atoms with Crippen molar-refractivity contribution >= 4 is 0 Å². The third-order valence-electron chi connectivity index (χ3n) is 10.1. The summed E-state index contributed by atoms with van der Waals surface area (Å²) in [5.41, 5.74) is 3.08. The summed E-state index contributed by atoms with van der Waals surface area (Å²) in [6.45, 7) is 10.2. The second-order valence-electron chi connectivity index (χ2n) is 11.4. The zero-order valence-corrected chi connectivity index (χ0v) is 19.2. The van der Waals surface area contributed by atoms with Crippen molar-refractivity contribution in [3.8, 4) is 0 Å². The number of hydrogen-bond donors (Lipinski definition) is 1. The fraction of sp³-hybridized carbons (Fsp3) is 0.926. The number of unbranched alkanes of at least 4 members (excludes halogenated alkanes) is 3. The van der Waals surface area contributed by atoms with Crippen molar-refractivity contribution in [2.24, 2.45) is 34.5 Å². The number of hydrogen-bond acceptors (Lipinski definition) is 1. The van der Waals surface area contributed by atoms with Crippen LogP contribution in [0.2, 0.25) is 0 Å². The monoisotopic (exact) mass is 385 g/mol. The Balaban J connectivity index is 1.34. The molecule has 0 aromatic heterocycles. The van der Waals surface area contributed by atoms with Crippen molar-refractivity contribution in [3.63, 3.8) is 0 Å². The molecule has 3 saturated carbocycles. The molecule has 6 atom stereocenters. The standard InChI is InChI=1S/C27H47N/c1-4-5-6-9-19-28-20-16-22-12-14-24-23-13-11-21-10-7-8-17-26(21,2)25(23)15-18-27(22,24)3/h11,22-25,28H,4-10,12-20H2,1-3H3/t22-,23+,24+,25+,26+,27-/m1/s1. The highest BCUT2D eigenvalue weighted by atomic mass is 14.8. The van der Waals surface area contributed by atoms with Crippen LogP contribution in [0.3, 0.4) is 0 Å². The quantitative estimate of drug-likeness (QED) is 0.336. The number of nitrogens with one attached hydrogen (secondary N) is 1. The van der Waals surface area contributed by atoms with Gasteiger partial charge < -0.3 is 5.32 Å². The van der Waals surface area contributed by atoms with Crippen LogP contribution in [0.4, 0.5) is 0 Å². The largest absolute Gasteiger partial charge is 0.317 e. The van der Waals surface area contributed by atoms with Crippen LogP contribution in [0.5, 0.6) is 0 Å². The second-order valence-corrected chi connectivity index (χ2v) is 11.4. The van der Waals surface area contributed by atoms with Gasteiger partial charge in [0.2, 0.25) is 0 Å². The molecule has 28 heavy (non-hydrogen) atoms. The van der Waals surface area contributed by atoms with Crippen molar-refractivity contribution in [1.29, 1.82) is 0 Å². The van der Waals surface area contributed by atoms with Gasteiger partial charge in [-0.05, 0) is 112 Å². The van der Waals surface area contributed by atoms with Gasteiger partial charge in [-0.25, -0.2) is 0 Å². The van der Waals surface area contributed by atoms with E-state index in [-0.39, 0.29) is 0 Å². The highest BCUT2D eigenvalue weighted by Gasteiger charge is 2.57. The highest BCUT2D eigenvalue weighted by Crippen LogP contribution is 2.66. The number of allylic oxidation sites excluding steroid dienone is 2. The average Bonchev–Trinajstić information content (AvgIpc) is 3.03. The smallest absolute Gasteiger partial charge is 0.00461 e. The van der Waals surface area contributed by atoms with Crippen molar-refractivity contribution in [2.75, 3.05) is 13.1 Å². The first-order valence-electron chi connectivity index (χ1n) is 13.0. The van der Waals surface area contributed by atoms with Crippen LogP contribution >= 0.6 is 0 Å². The summed E-state index contributed by atoms with van der Waals surface area (Å²) < 4.78 is 0. The third kappa shape index (κ3) is 3.75. The van der Waals surface area contributed by atoms with Crippen LogP contribution in [0, 0.1) is 34.5 Å². The van der Waals surface area contributed by atoms with Gasteiger partial charge in [0.25, 0.3) is 0 Å². The highest BCUT2D eigenvalue weighted by molar-refractivity contribution is 5.24. The molecular weight excluding hydrogens is 338 g/mol. The molecule has 1 nitrogen and oxygen atoms in total. The summed E-state index contributed by atoms with van der Waals surface area (Å²) in [5.74, 6) is 3.99. The average molecular weight is 386 g/mol. The Kier molecular flexibility index (Phi) is 6.60. The normalized spacial score (nSPS) is 42.5. The predicted octanol–water partition coefficient (Wildman–Crippen LogP) is 7.52. The first-order chi connectivity index (χ1) is 13.6. The third-order valence-corrected chi connectivity index (χ3v) is 10.1. The van der Waals surface area contributed by atoms with E-state index in [1.54, 1.807) is 0 Å². The van der Waals surface area contributed by atoms with Crippen molar-refractivity contribution < 1.29 is 0 Å². The minimum Gasteiger partial charge on any atom is -0.317 e. The van der Waals surface area contributed by atoms with E-state index in [1.807, 2.05) is 5.57 Å². The van der Waals surface area contributed by atoms with E-state index >= 15 is 0 Å². The van der Waals surface area contributed by atoms with Crippen LogP contribution in [0.25, 0.3) is 0 Å². The molecule has 4 aliphatic carbocycles. The lowest BCUT2D eigenvalue weighted by Gasteiger charge is -2.57. The fourth-order valence-electron chi connectivity index (χ4n) is 8.36. The predicted molar refractivity (Wildman–Crippen MR) is 121 cm³/mol. The first kappa shape index (κ1) is 21.0. The fourth-order valence-corrected chi connectivity index (χ4v) is 8.36. The molecule has 4 rings (SSSR count). The molecule has 1 heteroatoms. The molecule has 0 aliphatic heterocycles. The Morgan fingerprint density at radius 2 is 1.86 bits per heavy atom. The summed E-state index contributed by atoms with van der Waals surface area (Å²) >= 11 is 0. The van der Waals surface area contributed by atoms with Gasteiger partial charge in [0.1, 0.15) is 0 Å². The zero-order valence-electron chi connectivity index (χ0n) is 19.2. The summed E-state index contributed by atoms with van der Waals surface area (Å²) in [4.78, 5) is 0. The van der Waals surface area contributed by atoms with Gasteiger partial charge in [-0.15, -0.1) is 0 Å². The Morgan fingerprint density at radius 3 is 2.71 bits per heavy atom. The summed E-state index contributed by atoms with van der Waals surface area (Å²) in [7, 11) is 0. The number of fused-ring (bicyclic) bond motifs is 5. The van der Waals surface area contributed by atoms with Crippen LogP contribution in [0.1, 0.15) is 111 Å². The molecule has 0 saturated heterocycles. The summed E-state index contributed by atoms with van der Waals surface area (Å²) in [6.07, 6.45) is 23.0. The van der Waals surface area contributed by atoms with Crippen LogP contribution in [-0.2, 0) is 0 Å². The van der Waals surface area contributed by atoms with Crippen molar-refractivity contribution in [2.45, 2.75) is 111 Å². The maximum absolute atomic E-state index is 3.77. The second kappa shape index (κ2) is 8.83. The van der Waals surface area contributed by atoms with Gasteiger partial charge in [-0.3, -0.25) is 0 Å². The molecule has 0 aromatic rings. The van der Waals surface area contributed by atoms with Crippen LogP contribution in [-0.4, -0.2) is 13.1 Å². The molecule has 0 spiro atoms. The molecule has 0 unspecified atom stereocenters. The molecule has 0 aromatic carbocycles. The molecule has 0 heterocycles. The molecule has 0 amide bonds. The molecular formula is C27H47N. The van der Waals surface area contributed by atoms with E-state index in [9.17, 15) is 0 Å². The SMILES string of the molecule is CCCCCCNCC[C@H]1CC[C@H]2[C@@H]3CC=C4CCCC[C@]4(C)[C@H]3CC[C@]12C. The van der Waals surface area contributed by atoms with Crippen LogP contribution < -0.4 is 5.32 Å². The molecule has 3 fully saturated rings. The molecule has 0 radical (unpaired) electrons. The Morgan fingerprint density at radius 1 is 0.964 bits per heavy atom. The van der Waals surface area contributed by atoms with E-state index in [0.29, 0.717) is 10.8 Å². The van der Waals surface area contributed by atoms with Gasteiger partial charge in [0, 0.05) is 0 Å². The van der Waals surface area contributed by atoms with Crippen LogP contribution in [0.15, 0.2) is 11.6 Å². The summed E-state index contributed by atoms with van der Waals surface area (Å²) in [5, 5.41) is 3.77. The van der Waals surface area contributed by atoms with Crippen molar-refractivity contribution in [1.82, 2.24) is 5.32 Å².